The van der Waals surface area contributed by atoms with Gasteiger partial charge < -0.3 is 9.97 Å². The number of aromatic nitrogens is 3. The van der Waals surface area contributed by atoms with Gasteiger partial charge in [0.1, 0.15) is 0 Å². The first-order valence-corrected chi connectivity index (χ1v) is 7.72. The molecule has 3 aromatic rings. The molecule has 3 heterocycles. The summed E-state index contributed by atoms with van der Waals surface area (Å²) in [5.41, 5.74) is 4.17. The van der Waals surface area contributed by atoms with Gasteiger partial charge >= 0.3 is 0 Å². The quantitative estimate of drug-likeness (QED) is 0.637. The van der Waals surface area contributed by atoms with Crippen molar-refractivity contribution >= 4 is 23.1 Å². The van der Waals surface area contributed by atoms with Crippen LogP contribution in [-0.4, -0.2) is 26.4 Å². The lowest BCUT2D eigenvalue weighted by Gasteiger charge is -2.27. The summed E-state index contributed by atoms with van der Waals surface area (Å²) in [5, 5.41) is 1.23. The van der Waals surface area contributed by atoms with E-state index in [1.165, 1.54) is 10.9 Å². The van der Waals surface area contributed by atoms with Crippen LogP contribution in [0, 0.1) is 4.77 Å². The maximum Gasteiger partial charge on any atom is 0.255 e. The van der Waals surface area contributed by atoms with E-state index in [2.05, 4.69) is 44.1 Å². The van der Waals surface area contributed by atoms with Gasteiger partial charge in [0.25, 0.3) is 5.56 Å². The molecule has 0 fully saturated rings. The second-order valence-corrected chi connectivity index (χ2v) is 6.13. The summed E-state index contributed by atoms with van der Waals surface area (Å²) in [6.07, 6.45) is 2.71. The van der Waals surface area contributed by atoms with Gasteiger partial charge in [-0.3, -0.25) is 14.7 Å². The highest BCUT2D eigenvalue weighted by Gasteiger charge is 2.19. The molecule has 0 radical (unpaired) electrons. The van der Waals surface area contributed by atoms with Crippen molar-refractivity contribution in [2.24, 2.45) is 0 Å². The maximum atomic E-state index is 11.9. The monoisotopic (exact) mass is 312 g/mol. The lowest BCUT2D eigenvalue weighted by Crippen LogP contribution is -2.34. The number of hydrogen-bond acceptors (Lipinski definition) is 3. The zero-order chi connectivity index (χ0) is 15.1. The van der Waals surface area contributed by atoms with E-state index < -0.39 is 0 Å². The molecule has 1 aromatic carbocycles. The molecule has 22 heavy (non-hydrogen) atoms. The van der Waals surface area contributed by atoms with Crippen LogP contribution in [-0.2, 0) is 19.5 Å². The molecular weight excluding hydrogens is 296 g/mol. The van der Waals surface area contributed by atoms with E-state index in [1.807, 2.05) is 6.20 Å². The lowest BCUT2D eigenvalue weighted by atomic mass is 10.1. The van der Waals surface area contributed by atoms with Crippen LogP contribution in [0.3, 0.4) is 0 Å². The average molecular weight is 312 g/mol. The highest BCUT2D eigenvalue weighted by Crippen LogP contribution is 2.19. The number of H-pyrrole nitrogens is 3. The SMILES string of the molecule is O=c1[nH]c(=S)[nH]c2c1CCN(Cc1ccc3[nH]ccc3c1)C2. The van der Waals surface area contributed by atoms with Crippen LogP contribution < -0.4 is 5.56 Å². The fourth-order valence-electron chi connectivity index (χ4n) is 3.13. The fraction of sp³-hybridized carbons (Fsp3) is 0.250. The summed E-state index contributed by atoms with van der Waals surface area (Å²) in [7, 11) is 0. The molecule has 5 nitrogen and oxygen atoms in total. The van der Waals surface area contributed by atoms with Crippen molar-refractivity contribution in [3.05, 3.63) is 62.4 Å². The van der Waals surface area contributed by atoms with Crippen molar-refractivity contribution < 1.29 is 0 Å². The van der Waals surface area contributed by atoms with Gasteiger partial charge in [-0.2, -0.15) is 0 Å². The van der Waals surface area contributed by atoms with Gasteiger partial charge in [-0.15, -0.1) is 0 Å². The first-order chi connectivity index (χ1) is 10.7. The van der Waals surface area contributed by atoms with E-state index in [4.69, 9.17) is 12.2 Å². The smallest absolute Gasteiger partial charge is 0.255 e. The molecular formula is C16H16N4OS. The third kappa shape index (κ3) is 2.40. The number of nitrogens with zero attached hydrogens (tertiary/aromatic N) is 1. The number of hydrogen-bond donors (Lipinski definition) is 3. The predicted octanol–water partition coefficient (Wildman–Crippen LogP) is 2.47. The van der Waals surface area contributed by atoms with E-state index in [9.17, 15) is 4.79 Å². The number of benzene rings is 1. The predicted molar refractivity (Wildman–Crippen MR) is 88.4 cm³/mol. The second kappa shape index (κ2) is 5.23. The molecule has 0 saturated heterocycles. The summed E-state index contributed by atoms with van der Waals surface area (Å²) in [4.78, 5) is 23.2. The van der Waals surface area contributed by atoms with Gasteiger partial charge in [0.15, 0.2) is 4.77 Å². The van der Waals surface area contributed by atoms with Crippen molar-refractivity contribution in [1.82, 2.24) is 19.9 Å². The molecule has 4 rings (SSSR count). The Morgan fingerprint density at radius 2 is 2.14 bits per heavy atom. The topological polar surface area (TPSA) is 67.7 Å². The minimum Gasteiger partial charge on any atom is -0.361 e. The first-order valence-electron chi connectivity index (χ1n) is 7.32. The molecule has 1 aliphatic heterocycles. The molecule has 0 amide bonds. The van der Waals surface area contributed by atoms with Gasteiger partial charge in [0.2, 0.25) is 0 Å². The van der Waals surface area contributed by atoms with E-state index >= 15 is 0 Å². The van der Waals surface area contributed by atoms with E-state index in [0.717, 1.165) is 42.8 Å². The molecule has 0 atom stereocenters. The fourth-order valence-corrected chi connectivity index (χ4v) is 3.34. The van der Waals surface area contributed by atoms with E-state index in [-0.39, 0.29) is 5.56 Å². The van der Waals surface area contributed by atoms with Gasteiger partial charge in [-0.1, -0.05) is 6.07 Å². The minimum atomic E-state index is -0.0489. The molecule has 6 heteroatoms. The Bertz CT molecular complexity index is 952. The normalized spacial score (nSPS) is 15.1. The number of fused-ring (bicyclic) bond motifs is 2. The summed E-state index contributed by atoms with van der Waals surface area (Å²) in [5.74, 6) is 0. The number of nitrogens with one attached hydrogen (secondary N) is 3. The summed E-state index contributed by atoms with van der Waals surface area (Å²) in [6.45, 7) is 2.48. The van der Waals surface area contributed by atoms with Gasteiger partial charge in [0, 0.05) is 42.6 Å². The Labute approximate surface area is 132 Å². The van der Waals surface area contributed by atoms with Crippen molar-refractivity contribution in [3.8, 4) is 0 Å². The van der Waals surface area contributed by atoms with Crippen LogP contribution in [0.5, 0.6) is 0 Å². The summed E-state index contributed by atoms with van der Waals surface area (Å²) < 4.78 is 0.402. The van der Waals surface area contributed by atoms with Crippen molar-refractivity contribution in [3.63, 3.8) is 0 Å². The Hall–Kier alpha value is -2.18. The zero-order valence-corrected chi connectivity index (χ0v) is 12.8. The molecule has 112 valence electrons. The van der Waals surface area contributed by atoms with Crippen LogP contribution in [0.2, 0.25) is 0 Å². The Morgan fingerprint density at radius 1 is 1.23 bits per heavy atom. The number of aromatic amines is 3. The molecule has 3 N–H and O–H groups in total. The second-order valence-electron chi connectivity index (χ2n) is 5.73. The van der Waals surface area contributed by atoms with Crippen molar-refractivity contribution in [1.29, 1.82) is 0 Å². The molecule has 0 spiro atoms. The molecule has 0 unspecified atom stereocenters. The number of rotatable bonds is 2. The van der Waals surface area contributed by atoms with Crippen LogP contribution in [0.1, 0.15) is 16.8 Å². The maximum absolute atomic E-state index is 11.9. The highest BCUT2D eigenvalue weighted by molar-refractivity contribution is 7.71. The van der Waals surface area contributed by atoms with Gasteiger partial charge in [-0.05, 0) is 47.8 Å². The largest absolute Gasteiger partial charge is 0.361 e. The average Bonchev–Trinajstić information content (AvgIpc) is 2.94. The van der Waals surface area contributed by atoms with Gasteiger partial charge in [-0.25, -0.2) is 0 Å². The van der Waals surface area contributed by atoms with E-state index in [0.29, 0.717) is 4.77 Å². The van der Waals surface area contributed by atoms with Crippen LogP contribution in [0.4, 0.5) is 0 Å². The molecule has 0 saturated carbocycles. The summed E-state index contributed by atoms with van der Waals surface area (Å²) >= 11 is 5.06. The lowest BCUT2D eigenvalue weighted by molar-refractivity contribution is 0.240. The first kappa shape index (κ1) is 13.5. The molecule has 0 aliphatic carbocycles. The van der Waals surface area contributed by atoms with E-state index in [1.54, 1.807) is 0 Å². The highest BCUT2D eigenvalue weighted by atomic mass is 32.1. The van der Waals surface area contributed by atoms with Crippen molar-refractivity contribution in [2.75, 3.05) is 6.54 Å². The third-order valence-electron chi connectivity index (χ3n) is 4.21. The zero-order valence-electron chi connectivity index (χ0n) is 12.0. The standard InChI is InChI=1S/C16H16N4OS/c21-15-12-4-6-20(9-14(12)18-16(22)19-15)8-10-1-2-13-11(7-10)3-5-17-13/h1-3,5,7,17H,4,6,8-9H2,(H2,18,19,21,22). The van der Waals surface area contributed by atoms with Crippen LogP contribution >= 0.6 is 12.2 Å². The molecule has 0 bridgehead atoms. The molecule has 2 aromatic heterocycles. The minimum absolute atomic E-state index is 0.0489. The van der Waals surface area contributed by atoms with Gasteiger partial charge in [0.05, 0.1) is 0 Å². The van der Waals surface area contributed by atoms with Crippen molar-refractivity contribution in [2.45, 2.75) is 19.5 Å². The molecule has 1 aliphatic rings. The summed E-state index contributed by atoms with van der Waals surface area (Å²) in [6, 6.07) is 8.55. The Kier molecular flexibility index (Phi) is 3.20. The Morgan fingerprint density at radius 3 is 3.05 bits per heavy atom. The van der Waals surface area contributed by atoms with Crippen LogP contribution in [0.25, 0.3) is 10.9 Å². The van der Waals surface area contributed by atoms with Crippen LogP contribution in [0.15, 0.2) is 35.3 Å². The third-order valence-corrected chi connectivity index (χ3v) is 4.42. The Balaban J connectivity index is 1.59.